The molecule has 8 heteroatoms. The fraction of sp³-hybridized carbons (Fsp3) is 0.455. The highest BCUT2D eigenvalue weighted by molar-refractivity contribution is 5.36. The molecule has 2 atom stereocenters. The number of benzene rings is 2. The van der Waals surface area contributed by atoms with Crippen LogP contribution in [-0.4, -0.2) is 13.5 Å². The molecule has 30 heavy (non-hydrogen) atoms. The first-order chi connectivity index (χ1) is 14.3. The molecule has 1 aliphatic heterocycles. The minimum atomic E-state index is -3.83. The molecule has 2 unspecified atom stereocenters. The van der Waals surface area contributed by atoms with Crippen LogP contribution in [0, 0.1) is 17.6 Å². The van der Waals surface area contributed by atoms with Gasteiger partial charge in [-0.05, 0) is 42.9 Å². The molecule has 0 saturated carbocycles. The summed E-state index contributed by atoms with van der Waals surface area (Å²) in [5, 5.41) is 0. The molecule has 0 bridgehead atoms. The van der Waals surface area contributed by atoms with E-state index in [1.54, 1.807) is 0 Å². The molecule has 2 aromatic rings. The van der Waals surface area contributed by atoms with Crippen molar-refractivity contribution in [2.24, 2.45) is 5.92 Å². The van der Waals surface area contributed by atoms with Crippen LogP contribution < -0.4 is 9.47 Å². The van der Waals surface area contributed by atoms with Gasteiger partial charge in [-0.25, -0.2) is 13.2 Å². The van der Waals surface area contributed by atoms with Crippen molar-refractivity contribution in [2.45, 2.75) is 44.8 Å². The minimum absolute atomic E-state index is 0.145. The predicted octanol–water partition coefficient (Wildman–Crippen LogP) is 6.67. The van der Waals surface area contributed by atoms with E-state index < -0.39 is 41.7 Å². The van der Waals surface area contributed by atoms with E-state index in [2.05, 4.69) is 16.4 Å². The van der Waals surface area contributed by atoms with Gasteiger partial charge in [0.15, 0.2) is 17.4 Å². The van der Waals surface area contributed by atoms with Gasteiger partial charge in [-0.1, -0.05) is 25.5 Å². The summed E-state index contributed by atoms with van der Waals surface area (Å²) in [6.45, 7) is 1.32. The lowest BCUT2D eigenvalue weighted by molar-refractivity contribution is -0.185. The fourth-order valence-corrected chi connectivity index (χ4v) is 3.59. The van der Waals surface area contributed by atoms with Gasteiger partial charge < -0.3 is 14.2 Å². The van der Waals surface area contributed by atoms with E-state index in [1.807, 2.05) is 0 Å². The van der Waals surface area contributed by atoms with Crippen LogP contribution in [0.25, 0.3) is 0 Å². The van der Waals surface area contributed by atoms with E-state index in [0.29, 0.717) is 24.7 Å². The molecule has 0 aromatic heterocycles. The minimum Gasteiger partial charge on any atom is -0.457 e. The van der Waals surface area contributed by atoms with E-state index in [4.69, 9.17) is 4.74 Å². The smallest absolute Gasteiger partial charge is 0.426 e. The quantitative estimate of drug-likeness (QED) is 0.438. The first-order valence-corrected chi connectivity index (χ1v) is 9.80. The summed E-state index contributed by atoms with van der Waals surface area (Å²) in [6, 6.07) is 6.50. The molecule has 3 rings (SSSR count). The Kier molecular flexibility index (Phi) is 7.18. The van der Waals surface area contributed by atoms with Gasteiger partial charge in [-0.3, -0.25) is 0 Å². The van der Waals surface area contributed by atoms with E-state index in [-0.39, 0.29) is 6.10 Å². The highest BCUT2D eigenvalue weighted by atomic mass is 19.3. The second kappa shape index (κ2) is 9.64. The Balaban J connectivity index is 1.68. The van der Waals surface area contributed by atoms with Crippen molar-refractivity contribution >= 4 is 0 Å². The van der Waals surface area contributed by atoms with Crippen LogP contribution >= 0.6 is 0 Å². The summed E-state index contributed by atoms with van der Waals surface area (Å²) in [6.07, 6.45) is 0.0770. The van der Waals surface area contributed by atoms with Crippen LogP contribution in [0.2, 0.25) is 0 Å². The molecule has 0 amide bonds. The molecule has 1 aliphatic rings. The van der Waals surface area contributed by atoms with E-state index >= 15 is 0 Å². The first-order valence-electron chi connectivity index (χ1n) is 9.80. The molecule has 1 heterocycles. The number of hydrogen-bond donors (Lipinski definition) is 0. The number of alkyl halides is 3. The lowest BCUT2D eigenvalue weighted by atomic mass is 9.91. The maximum Gasteiger partial charge on any atom is 0.426 e. The van der Waals surface area contributed by atoms with Crippen molar-refractivity contribution in [3.8, 4) is 11.5 Å². The number of rotatable bonds is 8. The maximum atomic E-state index is 14.5. The van der Waals surface area contributed by atoms with Gasteiger partial charge >= 0.3 is 6.11 Å². The van der Waals surface area contributed by atoms with Crippen LogP contribution in [0.3, 0.4) is 0 Å². The summed E-state index contributed by atoms with van der Waals surface area (Å²) < 4.78 is 83.1. The van der Waals surface area contributed by atoms with Crippen LogP contribution in [0.1, 0.15) is 49.8 Å². The van der Waals surface area contributed by atoms with E-state index in [1.165, 1.54) is 24.3 Å². The normalized spacial score (nSPS) is 19.5. The monoisotopic (exact) mass is 430 g/mol. The first kappa shape index (κ1) is 22.3. The standard InChI is InChI=1S/C22H23F5O3/c1-2-3-14-4-9-20(28-12-14)15-5-7-16(8-6-15)22(26,27)30-17-10-18(24)21(29-13-23)19(25)11-17/h5-8,10-11,14,20H,2-4,9,12-13H2,1H3. The fourth-order valence-electron chi connectivity index (χ4n) is 3.59. The van der Waals surface area contributed by atoms with Crippen molar-refractivity contribution in [3.63, 3.8) is 0 Å². The van der Waals surface area contributed by atoms with Gasteiger partial charge in [0, 0.05) is 12.1 Å². The Morgan fingerprint density at radius 2 is 1.73 bits per heavy atom. The summed E-state index contributed by atoms with van der Waals surface area (Å²) in [5.41, 5.74) is 0.310. The van der Waals surface area contributed by atoms with Gasteiger partial charge in [-0.2, -0.15) is 8.78 Å². The summed E-state index contributed by atoms with van der Waals surface area (Å²) >= 11 is 0. The van der Waals surface area contributed by atoms with Crippen molar-refractivity contribution in [1.29, 1.82) is 0 Å². The Bertz CT molecular complexity index is 810. The Labute approximate surface area is 171 Å². The molecule has 3 nitrogen and oxygen atoms in total. The Hall–Kier alpha value is -2.35. The zero-order valence-corrected chi connectivity index (χ0v) is 16.5. The van der Waals surface area contributed by atoms with E-state index in [0.717, 1.165) is 31.2 Å². The third-order valence-corrected chi connectivity index (χ3v) is 5.10. The molecule has 0 aliphatic carbocycles. The Morgan fingerprint density at radius 3 is 2.27 bits per heavy atom. The van der Waals surface area contributed by atoms with Gasteiger partial charge in [0.2, 0.25) is 6.86 Å². The van der Waals surface area contributed by atoms with Crippen LogP contribution in [0.15, 0.2) is 36.4 Å². The number of halogens is 5. The summed E-state index contributed by atoms with van der Waals surface area (Å²) in [7, 11) is 0. The van der Waals surface area contributed by atoms with Crippen molar-refractivity contribution in [2.75, 3.05) is 13.5 Å². The molecule has 1 fully saturated rings. The Morgan fingerprint density at radius 1 is 1.07 bits per heavy atom. The molecule has 0 radical (unpaired) electrons. The zero-order chi connectivity index (χ0) is 21.7. The second-order valence-electron chi connectivity index (χ2n) is 7.26. The van der Waals surface area contributed by atoms with Gasteiger partial charge in [0.1, 0.15) is 5.75 Å². The number of ether oxygens (including phenoxy) is 3. The predicted molar refractivity (Wildman–Crippen MR) is 100 cm³/mol. The van der Waals surface area contributed by atoms with Crippen molar-refractivity contribution in [3.05, 3.63) is 59.2 Å². The van der Waals surface area contributed by atoms with Crippen LogP contribution in [0.5, 0.6) is 11.5 Å². The zero-order valence-electron chi connectivity index (χ0n) is 16.5. The summed E-state index contributed by atoms with van der Waals surface area (Å²) in [5.74, 6) is -3.89. The topological polar surface area (TPSA) is 27.7 Å². The van der Waals surface area contributed by atoms with Gasteiger partial charge in [0.05, 0.1) is 18.3 Å². The summed E-state index contributed by atoms with van der Waals surface area (Å²) in [4.78, 5) is 0. The molecular weight excluding hydrogens is 407 g/mol. The van der Waals surface area contributed by atoms with Crippen molar-refractivity contribution < 1.29 is 36.2 Å². The van der Waals surface area contributed by atoms with Gasteiger partial charge in [-0.15, -0.1) is 0 Å². The number of hydrogen-bond acceptors (Lipinski definition) is 3. The molecule has 0 N–H and O–H groups in total. The molecule has 164 valence electrons. The lowest BCUT2D eigenvalue weighted by Gasteiger charge is -2.29. The maximum absolute atomic E-state index is 14.5. The third kappa shape index (κ3) is 5.22. The van der Waals surface area contributed by atoms with Crippen LogP contribution in [0.4, 0.5) is 22.0 Å². The molecule has 0 spiro atoms. The molecule has 2 aromatic carbocycles. The third-order valence-electron chi connectivity index (χ3n) is 5.10. The van der Waals surface area contributed by atoms with Crippen LogP contribution in [-0.2, 0) is 10.8 Å². The lowest BCUT2D eigenvalue weighted by Crippen LogP contribution is -2.23. The second-order valence-corrected chi connectivity index (χ2v) is 7.26. The molecule has 1 saturated heterocycles. The highest BCUT2D eigenvalue weighted by Crippen LogP contribution is 2.37. The van der Waals surface area contributed by atoms with Crippen molar-refractivity contribution in [1.82, 2.24) is 0 Å². The average Bonchev–Trinajstić information content (AvgIpc) is 2.71. The highest BCUT2D eigenvalue weighted by Gasteiger charge is 2.35. The average molecular weight is 430 g/mol. The van der Waals surface area contributed by atoms with Gasteiger partial charge in [0.25, 0.3) is 0 Å². The molecular formula is C22H23F5O3. The largest absolute Gasteiger partial charge is 0.457 e. The van der Waals surface area contributed by atoms with E-state index in [9.17, 15) is 22.0 Å². The SMILES string of the molecule is CCCC1CCC(c2ccc(C(F)(F)Oc3cc(F)c(OCF)c(F)c3)cc2)OC1.